The lowest BCUT2D eigenvalue weighted by Crippen LogP contribution is -2.29. The van der Waals surface area contributed by atoms with Crippen molar-refractivity contribution >= 4 is 5.82 Å². The van der Waals surface area contributed by atoms with Crippen molar-refractivity contribution in [1.29, 1.82) is 5.26 Å². The van der Waals surface area contributed by atoms with Gasteiger partial charge >= 0.3 is 0 Å². The molecule has 3 rings (SSSR count). The van der Waals surface area contributed by atoms with Crippen LogP contribution in [0.5, 0.6) is 0 Å². The van der Waals surface area contributed by atoms with Crippen LogP contribution in [0.3, 0.4) is 0 Å². The largest absolute Gasteiger partial charge is 0.366 e. The quantitative estimate of drug-likeness (QED) is 0.918. The Hall–Kier alpha value is -2.38. The molecule has 1 aliphatic rings. The van der Waals surface area contributed by atoms with Crippen LogP contribution in [0.4, 0.5) is 5.82 Å². The Morgan fingerprint density at radius 1 is 1.00 bits per heavy atom. The van der Waals surface area contributed by atoms with Crippen molar-refractivity contribution in [3.05, 3.63) is 59.3 Å². The van der Waals surface area contributed by atoms with Gasteiger partial charge in [-0.05, 0) is 49.2 Å². The zero-order valence-electron chi connectivity index (χ0n) is 13.3. The van der Waals surface area contributed by atoms with Crippen molar-refractivity contribution in [2.45, 2.75) is 32.4 Å². The molecule has 0 spiro atoms. The molecular weight excluding hydrogens is 284 g/mol. The van der Waals surface area contributed by atoms with E-state index in [9.17, 15) is 0 Å². The van der Waals surface area contributed by atoms with Crippen molar-refractivity contribution < 1.29 is 0 Å². The Bertz CT molecular complexity index is 649. The highest BCUT2D eigenvalue weighted by Crippen LogP contribution is 2.14. The van der Waals surface area contributed by atoms with E-state index in [0.29, 0.717) is 5.56 Å². The molecule has 4 heteroatoms. The number of likely N-dealkylation sites (tertiary alicyclic amines) is 1. The second-order valence-electron chi connectivity index (χ2n) is 6.05. The van der Waals surface area contributed by atoms with Crippen LogP contribution in [0.2, 0.25) is 0 Å². The fourth-order valence-electron chi connectivity index (χ4n) is 2.90. The standard InChI is InChI=1S/C19H22N4/c20-12-18-8-9-19(22-14-18)21-13-16-4-6-17(7-5-16)15-23-10-2-1-3-11-23/h4-9,14H,1-3,10-11,13,15H2,(H,21,22). The van der Waals surface area contributed by atoms with E-state index in [1.54, 1.807) is 12.3 Å². The first-order chi connectivity index (χ1) is 11.3. The van der Waals surface area contributed by atoms with Crippen molar-refractivity contribution in [3.63, 3.8) is 0 Å². The number of nitriles is 1. The predicted molar refractivity (Wildman–Crippen MR) is 91.8 cm³/mol. The summed E-state index contributed by atoms with van der Waals surface area (Å²) in [6.07, 6.45) is 5.63. The molecule has 0 radical (unpaired) electrons. The molecule has 0 aliphatic carbocycles. The summed E-state index contributed by atoms with van der Waals surface area (Å²) in [6.45, 7) is 4.26. The Balaban J connectivity index is 1.51. The van der Waals surface area contributed by atoms with Crippen LogP contribution in [-0.4, -0.2) is 23.0 Å². The summed E-state index contributed by atoms with van der Waals surface area (Å²) < 4.78 is 0. The second kappa shape index (κ2) is 7.75. The van der Waals surface area contributed by atoms with Gasteiger partial charge in [0, 0.05) is 19.3 Å². The second-order valence-corrected chi connectivity index (χ2v) is 6.05. The highest BCUT2D eigenvalue weighted by molar-refractivity contribution is 5.39. The molecule has 118 valence electrons. The number of rotatable bonds is 5. The normalized spacial score (nSPS) is 15.1. The van der Waals surface area contributed by atoms with Gasteiger partial charge < -0.3 is 5.32 Å². The first-order valence-electron chi connectivity index (χ1n) is 8.24. The van der Waals surface area contributed by atoms with E-state index in [2.05, 4.69) is 45.5 Å². The number of benzene rings is 1. The Kier molecular flexibility index (Phi) is 5.23. The van der Waals surface area contributed by atoms with Gasteiger partial charge in [-0.1, -0.05) is 30.7 Å². The third kappa shape index (κ3) is 4.54. The molecule has 2 aromatic rings. The Morgan fingerprint density at radius 3 is 2.39 bits per heavy atom. The van der Waals surface area contributed by atoms with Gasteiger partial charge in [0.15, 0.2) is 0 Å². The molecule has 1 aromatic carbocycles. The van der Waals surface area contributed by atoms with Gasteiger partial charge in [-0.15, -0.1) is 0 Å². The van der Waals surface area contributed by atoms with Gasteiger partial charge in [-0.2, -0.15) is 5.26 Å². The molecule has 0 amide bonds. The van der Waals surface area contributed by atoms with Crippen LogP contribution < -0.4 is 5.32 Å². The average molecular weight is 306 g/mol. The summed E-state index contributed by atoms with van der Waals surface area (Å²) in [6, 6.07) is 14.5. The van der Waals surface area contributed by atoms with E-state index in [4.69, 9.17) is 5.26 Å². The molecule has 2 heterocycles. The van der Waals surface area contributed by atoms with E-state index in [-0.39, 0.29) is 0 Å². The molecule has 4 nitrogen and oxygen atoms in total. The summed E-state index contributed by atoms with van der Waals surface area (Å²) in [5.41, 5.74) is 3.20. The molecule has 1 aliphatic heterocycles. The van der Waals surface area contributed by atoms with E-state index in [1.165, 1.54) is 43.5 Å². The molecule has 23 heavy (non-hydrogen) atoms. The topological polar surface area (TPSA) is 52.0 Å². The van der Waals surface area contributed by atoms with Crippen molar-refractivity contribution in [3.8, 4) is 6.07 Å². The fraction of sp³-hybridized carbons (Fsp3) is 0.368. The van der Waals surface area contributed by atoms with Crippen LogP contribution >= 0.6 is 0 Å². The van der Waals surface area contributed by atoms with Crippen LogP contribution in [-0.2, 0) is 13.1 Å². The average Bonchev–Trinajstić information content (AvgIpc) is 2.62. The predicted octanol–water partition coefficient (Wildman–Crippen LogP) is 3.55. The molecular formula is C19H22N4. The number of pyridine rings is 1. The molecule has 1 aromatic heterocycles. The molecule has 1 saturated heterocycles. The SMILES string of the molecule is N#Cc1ccc(NCc2ccc(CN3CCCCC3)cc2)nc1. The fourth-order valence-corrected chi connectivity index (χ4v) is 2.90. The van der Waals surface area contributed by atoms with Crippen LogP contribution in [0.15, 0.2) is 42.6 Å². The van der Waals surface area contributed by atoms with Gasteiger partial charge in [-0.3, -0.25) is 4.90 Å². The van der Waals surface area contributed by atoms with Crippen molar-refractivity contribution in [2.24, 2.45) is 0 Å². The molecule has 0 atom stereocenters. The van der Waals surface area contributed by atoms with Crippen LogP contribution in [0.25, 0.3) is 0 Å². The van der Waals surface area contributed by atoms with Crippen LogP contribution in [0, 0.1) is 11.3 Å². The van der Waals surface area contributed by atoms with Gasteiger partial charge in [0.25, 0.3) is 0 Å². The molecule has 0 saturated carbocycles. The Labute approximate surface area is 137 Å². The maximum atomic E-state index is 8.77. The smallest absolute Gasteiger partial charge is 0.126 e. The number of anilines is 1. The molecule has 1 N–H and O–H groups in total. The van der Waals surface area contributed by atoms with Crippen LogP contribution in [0.1, 0.15) is 36.0 Å². The minimum Gasteiger partial charge on any atom is -0.366 e. The lowest BCUT2D eigenvalue weighted by Gasteiger charge is -2.26. The first-order valence-corrected chi connectivity index (χ1v) is 8.24. The van der Waals surface area contributed by atoms with E-state index in [0.717, 1.165) is 18.9 Å². The molecule has 0 unspecified atom stereocenters. The van der Waals surface area contributed by atoms with E-state index >= 15 is 0 Å². The van der Waals surface area contributed by atoms with E-state index in [1.807, 2.05) is 6.07 Å². The number of piperidine rings is 1. The molecule has 0 bridgehead atoms. The zero-order chi connectivity index (χ0) is 15.9. The summed E-state index contributed by atoms with van der Waals surface area (Å²) in [7, 11) is 0. The number of aromatic nitrogens is 1. The maximum Gasteiger partial charge on any atom is 0.126 e. The van der Waals surface area contributed by atoms with Gasteiger partial charge in [0.2, 0.25) is 0 Å². The minimum atomic E-state index is 0.581. The monoisotopic (exact) mass is 306 g/mol. The summed E-state index contributed by atoms with van der Waals surface area (Å²) in [5.74, 6) is 0.793. The van der Waals surface area contributed by atoms with E-state index < -0.39 is 0 Å². The lowest BCUT2D eigenvalue weighted by atomic mass is 10.1. The van der Waals surface area contributed by atoms with Gasteiger partial charge in [0.05, 0.1) is 5.56 Å². The number of nitrogens with zero attached hydrogens (tertiary/aromatic N) is 3. The van der Waals surface area contributed by atoms with Crippen molar-refractivity contribution in [2.75, 3.05) is 18.4 Å². The summed E-state index contributed by atoms with van der Waals surface area (Å²) in [5, 5.41) is 12.0. The maximum absolute atomic E-state index is 8.77. The summed E-state index contributed by atoms with van der Waals surface area (Å²) >= 11 is 0. The van der Waals surface area contributed by atoms with Crippen molar-refractivity contribution in [1.82, 2.24) is 9.88 Å². The third-order valence-electron chi connectivity index (χ3n) is 4.24. The number of nitrogens with one attached hydrogen (secondary N) is 1. The summed E-state index contributed by atoms with van der Waals surface area (Å²) in [4.78, 5) is 6.76. The Morgan fingerprint density at radius 2 is 1.74 bits per heavy atom. The third-order valence-corrected chi connectivity index (χ3v) is 4.24. The lowest BCUT2D eigenvalue weighted by molar-refractivity contribution is 0.221. The van der Waals surface area contributed by atoms with Gasteiger partial charge in [-0.25, -0.2) is 4.98 Å². The number of hydrogen-bond acceptors (Lipinski definition) is 4. The highest BCUT2D eigenvalue weighted by Gasteiger charge is 2.10. The highest BCUT2D eigenvalue weighted by atomic mass is 15.1. The first kappa shape index (κ1) is 15.5. The molecule has 1 fully saturated rings. The minimum absolute atomic E-state index is 0.581. The van der Waals surface area contributed by atoms with Gasteiger partial charge in [0.1, 0.15) is 11.9 Å². The number of hydrogen-bond donors (Lipinski definition) is 1. The zero-order valence-corrected chi connectivity index (χ0v) is 13.3.